The van der Waals surface area contributed by atoms with E-state index >= 15 is 0 Å². The van der Waals surface area contributed by atoms with Crippen LogP contribution in [0.15, 0.2) is 85.1 Å². The van der Waals surface area contributed by atoms with Crippen LogP contribution in [-0.4, -0.2) is 98.9 Å². The molecule has 6 unspecified atom stereocenters. The molecule has 0 aromatic carbocycles. The second kappa shape index (κ2) is 40.8. The highest BCUT2D eigenvalue weighted by molar-refractivity contribution is 7.47. The number of ether oxygens (including phenoxy) is 2. The summed E-state index contributed by atoms with van der Waals surface area (Å²) in [5, 5.41) is 50.2. The van der Waals surface area contributed by atoms with Crippen LogP contribution in [0, 0.1) is 0 Å². The normalized spacial score (nSPS) is 22.4. The van der Waals surface area contributed by atoms with Crippen molar-refractivity contribution in [2.24, 2.45) is 0 Å². The summed E-state index contributed by atoms with van der Waals surface area (Å²) in [6, 6.07) is 0. The molecule has 1 fully saturated rings. The van der Waals surface area contributed by atoms with E-state index in [4.69, 9.17) is 18.5 Å². The number of carbonyl (C=O) groups excluding carboxylic acids is 1. The number of unbranched alkanes of at least 4 members (excludes halogenated alkanes) is 14. The minimum absolute atomic E-state index is 0.0588. The summed E-state index contributed by atoms with van der Waals surface area (Å²) in [6.45, 7) is 4.02. The molecule has 13 heteroatoms. The fourth-order valence-electron chi connectivity index (χ4n) is 6.90. The van der Waals surface area contributed by atoms with Crippen LogP contribution in [0.3, 0.4) is 0 Å². The number of phosphoric ester groups is 1. The topological polar surface area (TPSA) is 192 Å². The Hall–Kier alpha value is -2.48. The zero-order chi connectivity index (χ0) is 46.9. The summed E-state index contributed by atoms with van der Waals surface area (Å²) in [5.74, 6) is -0.562. The number of hydrogen-bond acceptors (Lipinski definition) is 11. The Morgan fingerprint density at radius 2 is 0.922 bits per heavy atom. The second-order valence-corrected chi connectivity index (χ2v) is 18.0. The third kappa shape index (κ3) is 32.2. The first-order valence-electron chi connectivity index (χ1n) is 24.4. The van der Waals surface area contributed by atoms with E-state index in [-0.39, 0.29) is 13.0 Å². The van der Waals surface area contributed by atoms with Gasteiger partial charge in [0.25, 0.3) is 0 Å². The predicted octanol–water partition coefficient (Wildman–Crippen LogP) is 10.5. The van der Waals surface area contributed by atoms with Gasteiger partial charge in [0, 0.05) is 13.0 Å². The van der Waals surface area contributed by atoms with Gasteiger partial charge in [-0.25, -0.2) is 4.57 Å². The quantitative estimate of drug-likeness (QED) is 0.0148. The highest BCUT2D eigenvalue weighted by Gasteiger charge is 2.51. The molecule has 0 heterocycles. The van der Waals surface area contributed by atoms with Crippen molar-refractivity contribution in [3.05, 3.63) is 85.1 Å². The Kier molecular flexibility index (Phi) is 37.9. The third-order valence-corrected chi connectivity index (χ3v) is 11.8. The molecule has 0 aromatic heterocycles. The van der Waals surface area contributed by atoms with E-state index in [1.807, 2.05) is 12.2 Å². The van der Waals surface area contributed by atoms with Crippen molar-refractivity contribution in [1.29, 1.82) is 0 Å². The van der Waals surface area contributed by atoms with Crippen LogP contribution in [0.5, 0.6) is 0 Å². The highest BCUT2D eigenvalue weighted by Crippen LogP contribution is 2.47. The van der Waals surface area contributed by atoms with Gasteiger partial charge in [0.1, 0.15) is 42.7 Å². The molecule has 0 spiro atoms. The van der Waals surface area contributed by atoms with Gasteiger partial charge in [-0.3, -0.25) is 13.8 Å². The second-order valence-electron chi connectivity index (χ2n) is 16.6. The van der Waals surface area contributed by atoms with Gasteiger partial charge in [0.2, 0.25) is 0 Å². The Balaban J connectivity index is 2.36. The summed E-state index contributed by atoms with van der Waals surface area (Å²) in [7, 11) is -5.04. The van der Waals surface area contributed by atoms with Crippen molar-refractivity contribution in [1.82, 2.24) is 0 Å². The van der Waals surface area contributed by atoms with Crippen molar-refractivity contribution >= 4 is 13.8 Å². The van der Waals surface area contributed by atoms with Gasteiger partial charge in [-0.2, -0.15) is 0 Å². The Morgan fingerprint density at radius 3 is 1.41 bits per heavy atom. The van der Waals surface area contributed by atoms with E-state index in [9.17, 15) is 39.8 Å². The van der Waals surface area contributed by atoms with Gasteiger partial charge >= 0.3 is 13.8 Å². The van der Waals surface area contributed by atoms with Gasteiger partial charge < -0.3 is 39.9 Å². The lowest BCUT2D eigenvalue weighted by Crippen LogP contribution is -2.64. The Bertz CT molecular complexity index is 1380. The number of phosphoric acid groups is 1. The summed E-state index contributed by atoms with van der Waals surface area (Å²) in [5.41, 5.74) is 0. The van der Waals surface area contributed by atoms with Crippen LogP contribution in [0.25, 0.3) is 0 Å². The van der Waals surface area contributed by atoms with E-state index in [0.717, 1.165) is 70.6 Å². The largest absolute Gasteiger partial charge is 0.472 e. The van der Waals surface area contributed by atoms with E-state index in [1.165, 1.54) is 70.6 Å². The first kappa shape index (κ1) is 59.5. The molecule has 12 nitrogen and oxygen atoms in total. The molecule has 0 amide bonds. The molecule has 1 aliphatic carbocycles. The molecular formula is C51H87O12P. The average molecular weight is 923 g/mol. The minimum Gasteiger partial charge on any atom is -0.457 e. The monoisotopic (exact) mass is 923 g/mol. The standard InChI is InChI=1S/C51H87O12P/c1-3-5-7-9-11-13-15-17-18-19-20-21-22-23-24-25-26-27-29-31-33-35-37-39-41-60-42-44(43-61-64(58,59)63-51-49(56)47(54)46(53)48(55)50(51)57)62-45(52)40-38-36-34-32-30-28-16-14-12-10-8-6-4-2/h6,8,12,14-15,17,19-20,22-23,28,30,34,36,44,46-51,53-57H,3-5,7,9-11,13,16,18,21,24-27,29,31-33,35,37-43H2,1-2H3,(H,58,59)/b8-6-,14-12-,17-15-,20-19-,23-22-,30-28-,36-34-. The van der Waals surface area contributed by atoms with Crippen molar-refractivity contribution in [3.63, 3.8) is 0 Å². The van der Waals surface area contributed by atoms with E-state index < -0.39 is 63.1 Å². The van der Waals surface area contributed by atoms with Crippen LogP contribution < -0.4 is 0 Å². The maximum atomic E-state index is 12.8. The number of aliphatic hydroxyl groups excluding tert-OH is 5. The molecular weight excluding hydrogens is 836 g/mol. The Labute approximate surface area is 386 Å². The lowest BCUT2D eigenvalue weighted by Gasteiger charge is -2.41. The van der Waals surface area contributed by atoms with Crippen molar-refractivity contribution in [2.75, 3.05) is 19.8 Å². The van der Waals surface area contributed by atoms with Crippen molar-refractivity contribution in [2.45, 2.75) is 211 Å². The fourth-order valence-corrected chi connectivity index (χ4v) is 7.88. The minimum atomic E-state index is -5.04. The van der Waals surface area contributed by atoms with Gasteiger partial charge in [-0.1, -0.05) is 170 Å². The van der Waals surface area contributed by atoms with Gasteiger partial charge in [-0.15, -0.1) is 0 Å². The van der Waals surface area contributed by atoms with E-state index in [1.54, 1.807) is 0 Å². The molecule has 6 atom stereocenters. The molecule has 1 aliphatic rings. The summed E-state index contributed by atoms with van der Waals surface area (Å²) in [6.07, 6.45) is 42.5. The highest BCUT2D eigenvalue weighted by atomic mass is 31.2. The average Bonchev–Trinajstić information content (AvgIpc) is 3.28. The summed E-state index contributed by atoms with van der Waals surface area (Å²) in [4.78, 5) is 23.1. The molecule has 0 saturated heterocycles. The number of carbonyl (C=O) groups is 1. The van der Waals surface area contributed by atoms with E-state index in [0.29, 0.717) is 13.0 Å². The molecule has 0 aromatic rings. The van der Waals surface area contributed by atoms with Crippen LogP contribution in [0.1, 0.15) is 168 Å². The molecule has 64 heavy (non-hydrogen) atoms. The zero-order valence-corrected chi connectivity index (χ0v) is 40.2. The number of esters is 1. The first-order valence-corrected chi connectivity index (χ1v) is 25.9. The molecule has 1 rings (SSSR count). The van der Waals surface area contributed by atoms with Gasteiger partial charge in [-0.05, 0) is 77.0 Å². The maximum Gasteiger partial charge on any atom is 0.472 e. The van der Waals surface area contributed by atoms with Crippen LogP contribution >= 0.6 is 7.82 Å². The molecule has 368 valence electrons. The van der Waals surface area contributed by atoms with Crippen LogP contribution in [0.4, 0.5) is 0 Å². The van der Waals surface area contributed by atoms with Gasteiger partial charge in [0.15, 0.2) is 0 Å². The molecule has 0 aliphatic heterocycles. The molecule has 1 saturated carbocycles. The third-order valence-electron chi connectivity index (χ3n) is 10.8. The number of hydrogen-bond donors (Lipinski definition) is 6. The smallest absolute Gasteiger partial charge is 0.457 e. The van der Waals surface area contributed by atoms with Crippen molar-refractivity contribution in [3.8, 4) is 0 Å². The molecule has 0 bridgehead atoms. The van der Waals surface area contributed by atoms with Gasteiger partial charge in [0.05, 0.1) is 13.2 Å². The lowest BCUT2D eigenvalue weighted by molar-refractivity contribution is -0.220. The fraction of sp³-hybridized carbons (Fsp3) is 0.706. The number of allylic oxidation sites excluding steroid dienone is 14. The number of aliphatic hydroxyl groups is 5. The molecule has 6 N–H and O–H groups in total. The predicted molar refractivity (Wildman–Crippen MR) is 258 cm³/mol. The maximum absolute atomic E-state index is 12.8. The summed E-state index contributed by atoms with van der Waals surface area (Å²) >= 11 is 0. The zero-order valence-electron chi connectivity index (χ0n) is 39.3. The van der Waals surface area contributed by atoms with Crippen LogP contribution in [-0.2, 0) is 27.9 Å². The number of rotatable bonds is 40. The van der Waals surface area contributed by atoms with Crippen LogP contribution in [0.2, 0.25) is 0 Å². The Morgan fingerprint density at radius 1 is 0.516 bits per heavy atom. The van der Waals surface area contributed by atoms with Crippen molar-refractivity contribution < 1.29 is 58.3 Å². The van der Waals surface area contributed by atoms with E-state index in [2.05, 4.69) is 86.8 Å². The summed E-state index contributed by atoms with van der Waals surface area (Å²) < 4.78 is 34.1. The first-order chi connectivity index (χ1) is 31.0. The molecule has 0 radical (unpaired) electrons. The lowest BCUT2D eigenvalue weighted by atomic mass is 9.85. The SMILES string of the molecule is CC/C=C\C/C=C\C/C=C\C/C=C\CCC(=O)OC(COCCCCCCCCCCC/C=C\C/C=C\C/C=C\CCCCCCC)COP(=O)(O)OC1C(O)C(O)C(O)C(O)C1O.